The molecular formula is C24H44N2NaO6S+. The van der Waals surface area contributed by atoms with Crippen LogP contribution in [0, 0.1) is 0 Å². The fraction of sp³-hybridized carbons (Fsp3) is 0.833. The van der Waals surface area contributed by atoms with Crippen LogP contribution in [0.5, 0.6) is 0 Å². The monoisotopic (exact) mass is 511 g/mol. The van der Waals surface area contributed by atoms with Crippen LogP contribution in [-0.4, -0.2) is 83.9 Å². The summed E-state index contributed by atoms with van der Waals surface area (Å²) in [5.41, 5.74) is 0. The maximum atomic E-state index is 12.8. The van der Waals surface area contributed by atoms with Gasteiger partial charge in [-0.2, -0.15) is 0 Å². The van der Waals surface area contributed by atoms with Crippen molar-refractivity contribution in [3.05, 3.63) is 12.2 Å². The second-order valence-corrected chi connectivity index (χ2v) is 10.6. The molecule has 1 rings (SSSR count). The smallest absolute Gasteiger partial charge is 0.748 e. The van der Waals surface area contributed by atoms with E-state index < -0.39 is 22.0 Å². The molecule has 2 atom stereocenters. The van der Waals surface area contributed by atoms with E-state index in [0.29, 0.717) is 25.3 Å². The first-order chi connectivity index (χ1) is 15.7. The molecule has 0 aromatic heterocycles. The van der Waals surface area contributed by atoms with Crippen molar-refractivity contribution in [2.75, 3.05) is 38.5 Å². The summed E-state index contributed by atoms with van der Waals surface area (Å²) in [4.78, 5) is 17.1. The summed E-state index contributed by atoms with van der Waals surface area (Å²) < 4.78 is 32.9. The SMILES string of the molecule is CCCC/C=C/CCCCCCCCCC(=O)C1=NCC[N+]1(CCO)CC(O)CS(=O)(=O)[O-].[Na+]. The molecule has 0 saturated heterocycles. The normalized spacial score (nSPS) is 19.2. The number of carbonyl (C=O) groups is 1. The number of ketones is 1. The molecule has 0 bridgehead atoms. The van der Waals surface area contributed by atoms with Gasteiger partial charge in [-0.25, -0.2) is 13.4 Å². The Balaban J connectivity index is 0.0000109. The van der Waals surface area contributed by atoms with E-state index in [0.717, 1.165) is 32.1 Å². The number of aliphatic imine (C=N–C) groups is 1. The predicted molar refractivity (Wildman–Crippen MR) is 130 cm³/mol. The molecule has 0 fully saturated rings. The fourth-order valence-electron chi connectivity index (χ4n) is 4.43. The van der Waals surface area contributed by atoms with E-state index in [2.05, 4.69) is 24.1 Å². The minimum absolute atomic E-state index is 0. The first kappa shape index (κ1) is 33.9. The van der Waals surface area contributed by atoms with Gasteiger partial charge >= 0.3 is 29.6 Å². The summed E-state index contributed by atoms with van der Waals surface area (Å²) in [5.74, 6) is -0.735. The minimum Gasteiger partial charge on any atom is -0.748 e. The molecule has 1 heterocycles. The molecule has 0 saturated carbocycles. The van der Waals surface area contributed by atoms with Crippen molar-refractivity contribution in [2.24, 2.45) is 4.99 Å². The summed E-state index contributed by atoms with van der Waals surface area (Å²) in [6.45, 7) is 2.82. The third-order valence-electron chi connectivity index (χ3n) is 6.14. The van der Waals surface area contributed by atoms with Crippen LogP contribution in [0.3, 0.4) is 0 Å². The zero-order valence-electron chi connectivity index (χ0n) is 21.3. The van der Waals surface area contributed by atoms with E-state index in [-0.39, 0.29) is 59.5 Å². The Morgan fingerprint density at radius 2 is 1.68 bits per heavy atom. The van der Waals surface area contributed by atoms with Crippen molar-refractivity contribution >= 4 is 21.7 Å². The molecule has 2 unspecified atom stereocenters. The van der Waals surface area contributed by atoms with Gasteiger partial charge in [0.1, 0.15) is 25.7 Å². The van der Waals surface area contributed by atoms with Crippen molar-refractivity contribution in [1.82, 2.24) is 0 Å². The van der Waals surface area contributed by atoms with Gasteiger partial charge in [-0.15, -0.1) is 0 Å². The van der Waals surface area contributed by atoms with Crippen LogP contribution in [0.25, 0.3) is 0 Å². The van der Waals surface area contributed by atoms with Crippen LogP contribution >= 0.6 is 0 Å². The number of amidine groups is 1. The first-order valence-corrected chi connectivity index (χ1v) is 14.1. The molecular weight excluding hydrogens is 467 g/mol. The molecule has 0 amide bonds. The quantitative estimate of drug-likeness (QED) is 0.0775. The van der Waals surface area contributed by atoms with Gasteiger partial charge in [0, 0.05) is 6.42 Å². The molecule has 0 radical (unpaired) electrons. The summed E-state index contributed by atoms with van der Waals surface area (Å²) in [6.07, 6.45) is 16.0. The molecule has 34 heavy (non-hydrogen) atoms. The third kappa shape index (κ3) is 14.4. The van der Waals surface area contributed by atoms with Gasteiger partial charge in [-0.05, 0) is 25.7 Å². The van der Waals surface area contributed by atoms with Gasteiger partial charge < -0.3 is 14.8 Å². The number of Topliss-reactive ketones (excluding diaryl/α,β-unsaturated/α-hetero) is 1. The number of carbonyl (C=O) groups excluding carboxylic acids is 1. The molecule has 2 N–H and O–H groups in total. The number of unbranched alkanes of at least 4 members (excludes halogenated alkanes) is 9. The minimum atomic E-state index is -4.58. The molecule has 1 aliphatic rings. The summed E-state index contributed by atoms with van der Waals surface area (Å²) in [6, 6.07) is 0. The van der Waals surface area contributed by atoms with Gasteiger partial charge in [-0.3, -0.25) is 9.28 Å². The van der Waals surface area contributed by atoms with Gasteiger partial charge in [0.2, 0.25) is 5.78 Å². The predicted octanol–water partition coefficient (Wildman–Crippen LogP) is -0.0559. The summed E-state index contributed by atoms with van der Waals surface area (Å²) in [5, 5.41) is 19.6. The van der Waals surface area contributed by atoms with Crippen molar-refractivity contribution in [2.45, 2.75) is 90.1 Å². The molecule has 10 heteroatoms. The Morgan fingerprint density at radius 1 is 1.09 bits per heavy atom. The van der Waals surface area contributed by atoms with Gasteiger partial charge in [0.05, 0.1) is 29.0 Å². The van der Waals surface area contributed by atoms with Gasteiger partial charge in [0.15, 0.2) is 0 Å². The number of nitrogens with zero attached hydrogens (tertiary/aromatic N) is 2. The molecule has 0 aromatic rings. The molecule has 192 valence electrons. The van der Waals surface area contributed by atoms with Crippen LogP contribution < -0.4 is 29.6 Å². The molecule has 0 spiro atoms. The number of aliphatic hydroxyl groups is 2. The van der Waals surface area contributed by atoms with Crippen molar-refractivity contribution in [3.63, 3.8) is 0 Å². The number of quaternary nitrogens is 1. The van der Waals surface area contributed by atoms with Crippen molar-refractivity contribution < 1.29 is 62.0 Å². The zero-order chi connectivity index (χ0) is 24.6. The van der Waals surface area contributed by atoms with E-state index in [1.807, 2.05) is 0 Å². The number of rotatable bonds is 20. The average molecular weight is 512 g/mol. The van der Waals surface area contributed by atoms with Crippen LogP contribution in [0.15, 0.2) is 17.1 Å². The van der Waals surface area contributed by atoms with Crippen molar-refractivity contribution in [3.8, 4) is 0 Å². The average Bonchev–Trinajstić information content (AvgIpc) is 3.13. The Morgan fingerprint density at radius 3 is 2.26 bits per heavy atom. The summed E-state index contributed by atoms with van der Waals surface area (Å²) >= 11 is 0. The number of hydrogen-bond donors (Lipinski definition) is 2. The summed E-state index contributed by atoms with van der Waals surface area (Å²) in [7, 11) is -4.58. The Kier molecular flexibility index (Phi) is 19.0. The topological polar surface area (TPSA) is 127 Å². The molecule has 1 aliphatic heterocycles. The fourth-order valence-corrected chi connectivity index (χ4v) is 5.00. The number of aliphatic hydroxyl groups excluding tert-OH is 2. The zero-order valence-corrected chi connectivity index (χ0v) is 24.1. The standard InChI is InChI=1S/C24H44N2O6S.Na/c1-2-3-4-5-6-7-8-9-10-11-12-13-14-15-23(29)24-25-16-17-26(24,18-19-27)20-22(28)21-33(30,31)32;/h5-6,22,27-28H,2-4,7-21H2,1H3;/q;+1/b6-5+;. The first-order valence-electron chi connectivity index (χ1n) is 12.6. The maximum absolute atomic E-state index is 12.8. The largest absolute Gasteiger partial charge is 1.00 e. The molecule has 0 aliphatic carbocycles. The number of allylic oxidation sites excluding steroid dienone is 2. The maximum Gasteiger partial charge on any atom is 1.00 e. The van der Waals surface area contributed by atoms with E-state index in [9.17, 15) is 28.0 Å². The van der Waals surface area contributed by atoms with Crippen LogP contribution in [-0.2, 0) is 14.9 Å². The van der Waals surface area contributed by atoms with Crippen LogP contribution in [0.1, 0.15) is 84.0 Å². The molecule has 0 aromatic carbocycles. The van der Waals surface area contributed by atoms with E-state index in [1.54, 1.807) is 0 Å². The molecule has 8 nitrogen and oxygen atoms in total. The third-order valence-corrected chi connectivity index (χ3v) is 6.93. The number of hydrogen-bond acceptors (Lipinski definition) is 7. The van der Waals surface area contributed by atoms with Gasteiger partial charge in [-0.1, -0.05) is 64.0 Å². The van der Waals surface area contributed by atoms with E-state index in [4.69, 9.17) is 0 Å². The van der Waals surface area contributed by atoms with Crippen molar-refractivity contribution in [1.29, 1.82) is 0 Å². The second-order valence-electron chi connectivity index (χ2n) is 9.13. The van der Waals surface area contributed by atoms with Gasteiger partial charge in [0.25, 0.3) is 5.84 Å². The Hall–Kier alpha value is -0.130. The van der Waals surface area contributed by atoms with Crippen LogP contribution in [0.2, 0.25) is 0 Å². The van der Waals surface area contributed by atoms with Crippen LogP contribution in [0.4, 0.5) is 0 Å². The van der Waals surface area contributed by atoms with E-state index in [1.165, 1.54) is 38.5 Å². The Labute approximate surface area is 228 Å². The Bertz CT molecular complexity index is 729. The van der Waals surface area contributed by atoms with E-state index >= 15 is 0 Å². The second kappa shape index (κ2) is 19.0.